The minimum atomic E-state index is -0.0616. The number of benzene rings is 2. The van der Waals surface area contributed by atoms with Crippen molar-refractivity contribution in [3.05, 3.63) is 58.6 Å². The van der Waals surface area contributed by atoms with Crippen LogP contribution in [0.1, 0.15) is 22.8 Å². The SMILES string of the molecule is CCN(Cc1cccc(Cl)c1)C(=O)c1ccc(OC)c(OC)c1. The van der Waals surface area contributed by atoms with E-state index in [4.69, 9.17) is 21.1 Å². The van der Waals surface area contributed by atoms with Gasteiger partial charge in [0.25, 0.3) is 5.91 Å². The van der Waals surface area contributed by atoms with Gasteiger partial charge in [0.2, 0.25) is 0 Å². The Bertz CT molecular complexity index is 688. The summed E-state index contributed by atoms with van der Waals surface area (Å²) in [5, 5.41) is 0.664. The Balaban J connectivity index is 2.22. The first-order chi connectivity index (χ1) is 11.1. The van der Waals surface area contributed by atoms with Gasteiger partial charge in [-0.05, 0) is 42.8 Å². The fourth-order valence-corrected chi connectivity index (χ4v) is 2.55. The van der Waals surface area contributed by atoms with E-state index in [-0.39, 0.29) is 5.91 Å². The summed E-state index contributed by atoms with van der Waals surface area (Å²) in [6.07, 6.45) is 0. The van der Waals surface area contributed by atoms with Crippen LogP contribution in [0.15, 0.2) is 42.5 Å². The van der Waals surface area contributed by atoms with Gasteiger partial charge in [-0.3, -0.25) is 4.79 Å². The van der Waals surface area contributed by atoms with Gasteiger partial charge < -0.3 is 14.4 Å². The minimum Gasteiger partial charge on any atom is -0.493 e. The maximum atomic E-state index is 12.7. The fourth-order valence-electron chi connectivity index (χ4n) is 2.33. The Morgan fingerprint density at radius 1 is 1.09 bits per heavy atom. The first kappa shape index (κ1) is 17.2. The summed E-state index contributed by atoms with van der Waals surface area (Å²) >= 11 is 6.01. The lowest BCUT2D eigenvalue weighted by Gasteiger charge is -2.21. The third-order valence-electron chi connectivity index (χ3n) is 3.56. The monoisotopic (exact) mass is 333 g/mol. The molecule has 0 bridgehead atoms. The molecule has 2 aromatic carbocycles. The summed E-state index contributed by atoms with van der Waals surface area (Å²) in [7, 11) is 3.12. The predicted octanol–water partition coefficient (Wildman–Crippen LogP) is 4.02. The summed E-state index contributed by atoms with van der Waals surface area (Å²) in [6, 6.07) is 12.7. The predicted molar refractivity (Wildman–Crippen MR) is 91.4 cm³/mol. The number of rotatable bonds is 6. The van der Waals surface area contributed by atoms with Crippen LogP contribution in [-0.4, -0.2) is 31.6 Å². The van der Waals surface area contributed by atoms with Gasteiger partial charge in [-0.1, -0.05) is 23.7 Å². The molecule has 2 aromatic rings. The van der Waals surface area contributed by atoms with Crippen LogP contribution in [0.2, 0.25) is 5.02 Å². The van der Waals surface area contributed by atoms with Gasteiger partial charge in [0, 0.05) is 23.7 Å². The molecule has 0 radical (unpaired) electrons. The zero-order valence-corrected chi connectivity index (χ0v) is 14.3. The minimum absolute atomic E-state index is 0.0616. The molecule has 0 heterocycles. The molecule has 0 saturated carbocycles. The largest absolute Gasteiger partial charge is 0.493 e. The van der Waals surface area contributed by atoms with Crippen LogP contribution >= 0.6 is 11.6 Å². The molecule has 5 heteroatoms. The Labute approximate surface area is 141 Å². The summed E-state index contributed by atoms with van der Waals surface area (Å²) < 4.78 is 10.5. The van der Waals surface area contributed by atoms with E-state index < -0.39 is 0 Å². The van der Waals surface area contributed by atoms with Crippen LogP contribution in [0.5, 0.6) is 11.5 Å². The molecule has 0 aliphatic heterocycles. The van der Waals surface area contributed by atoms with Crippen LogP contribution in [0.25, 0.3) is 0 Å². The molecule has 0 atom stereocenters. The van der Waals surface area contributed by atoms with Crippen molar-refractivity contribution in [1.29, 1.82) is 0 Å². The second-order valence-electron chi connectivity index (χ2n) is 5.02. The first-order valence-electron chi connectivity index (χ1n) is 7.34. The van der Waals surface area contributed by atoms with Crippen molar-refractivity contribution in [2.75, 3.05) is 20.8 Å². The van der Waals surface area contributed by atoms with Crippen molar-refractivity contribution in [1.82, 2.24) is 4.90 Å². The molecule has 0 N–H and O–H groups in total. The van der Waals surface area contributed by atoms with Crippen LogP contribution in [0, 0.1) is 0 Å². The van der Waals surface area contributed by atoms with Crippen LogP contribution in [0.4, 0.5) is 0 Å². The molecule has 2 rings (SSSR count). The highest BCUT2D eigenvalue weighted by molar-refractivity contribution is 6.30. The van der Waals surface area contributed by atoms with Crippen molar-refractivity contribution >= 4 is 17.5 Å². The Hall–Kier alpha value is -2.20. The molecule has 0 saturated heterocycles. The topological polar surface area (TPSA) is 38.8 Å². The number of amides is 1. The number of methoxy groups -OCH3 is 2. The Morgan fingerprint density at radius 2 is 1.83 bits per heavy atom. The molecule has 0 unspecified atom stereocenters. The summed E-state index contributed by atoms with van der Waals surface area (Å²) in [5.74, 6) is 1.08. The van der Waals surface area contributed by atoms with E-state index in [1.165, 1.54) is 0 Å². The van der Waals surface area contributed by atoms with E-state index in [2.05, 4.69) is 0 Å². The lowest BCUT2D eigenvalue weighted by molar-refractivity contribution is 0.0752. The number of carbonyl (C=O) groups is 1. The van der Waals surface area contributed by atoms with E-state index in [1.54, 1.807) is 37.3 Å². The van der Waals surface area contributed by atoms with Gasteiger partial charge in [-0.15, -0.1) is 0 Å². The van der Waals surface area contributed by atoms with Crippen molar-refractivity contribution in [2.45, 2.75) is 13.5 Å². The van der Waals surface area contributed by atoms with E-state index in [0.717, 1.165) is 5.56 Å². The molecule has 0 aliphatic carbocycles. The van der Waals surface area contributed by atoms with E-state index in [0.29, 0.717) is 35.2 Å². The van der Waals surface area contributed by atoms with Crippen molar-refractivity contribution in [3.8, 4) is 11.5 Å². The molecular formula is C18H20ClNO3. The molecule has 23 heavy (non-hydrogen) atoms. The lowest BCUT2D eigenvalue weighted by Crippen LogP contribution is -2.30. The van der Waals surface area contributed by atoms with E-state index in [1.807, 2.05) is 31.2 Å². The number of hydrogen-bond acceptors (Lipinski definition) is 3. The van der Waals surface area contributed by atoms with Gasteiger partial charge in [0.05, 0.1) is 14.2 Å². The smallest absolute Gasteiger partial charge is 0.254 e. The van der Waals surface area contributed by atoms with Crippen molar-refractivity contribution < 1.29 is 14.3 Å². The molecule has 0 aliphatic rings. The molecule has 4 nitrogen and oxygen atoms in total. The second kappa shape index (κ2) is 7.88. The molecule has 0 spiro atoms. The maximum Gasteiger partial charge on any atom is 0.254 e. The Kier molecular flexibility index (Phi) is 5.88. The first-order valence-corrected chi connectivity index (χ1v) is 7.72. The molecule has 122 valence electrons. The number of hydrogen-bond donors (Lipinski definition) is 0. The van der Waals surface area contributed by atoms with E-state index in [9.17, 15) is 4.79 Å². The lowest BCUT2D eigenvalue weighted by atomic mass is 10.1. The average Bonchev–Trinajstić information content (AvgIpc) is 2.58. The molecule has 1 amide bonds. The summed E-state index contributed by atoms with van der Waals surface area (Å²) in [5.41, 5.74) is 1.56. The van der Waals surface area contributed by atoms with Gasteiger partial charge in [-0.2, -0.15) is 0 Å². The zero-order valence-electron chi connectivity index (χ0n) is 13.5. The standard InChI is InChI=1S/C18H20ClNO3/c1-4-20(12-13-6-5-7-15(19)10-13)18(21)14-8-9-16(22-2)17(11-14)23-3/h5-11H,4,12H2,1-3H3. The van der Waals surface area contributed by atoms with Gasteiger partial charge in [-0.25, -0.2) is 0 Å². The normalized spacial score (nSPS) is 10.3. The van der Waals surface area contributed by atoms with Crippen molar-refractivity contribution in [3.63, 3.8) is 0 Å². The van der Waals surface area contributed by atoms with Crippen LogP contribution in [-0.2, 0) is 6.54 Å². The fraction of sp³-hybridized carbons (Fsp3) is 0.278. The average molecular weight is 334 g/mol. The quantitative estimate of drug-likeness (QED) is 0.801. The highest BCUT2D eigenvalue weighted by atomic mass is 35.5. The van der Waals surface area contributed by atoms with Crippen LogP contribution in [0.3, 0.4) is 0 Å². The number of nitrogens with zero attached hydrogens (tertiary/aromatic N) is 1. The third-order valence-corrected chi connectivity index (χ3v) is 3.80. The maximum absolute atomic E-state index is 12.7. The zero-order chi connectivity index (χ0) is 16.8. The van der Waals surface area contributed by atoms with Crippen molar-refractivity contribution in [2.24, 2.45) is 0 Å². The number of halogens is 1. The third kappa shape index (κ3) is 4.17. The summed E-state index contributed by atoms with van der Waals surface area (Å²) in [4.78, 5) is 14.5. The summed E-state index contributed by atoms with van der Waals surface area (Å²) in [6.45, 7) is 3.05. The molecule has 0 fully saturated rings. The second-order valence-corrected chi connectivity index (χ2v) is 5.46. The van der Waals surface area contributed by atoms with Crippen LogP contribution < -0.4 is 9.47 Å². The van der Waals surface area contributed by atoms with E-state index >= 15 is 0 Å². The highest BCUT2D eigenvalue weighted by Gasteiger charge is 2.17. The Morgan fingerprint density at radius 3 is 2.43 bits per heavy atom. The van der Waals surface area contributed by atoms with Gasteiger partial charge in [0.1, 0.15) is 0 Å². The molecular weight excluding hydrogens is 314 g/mol. The molecule has 0 aromatic heterocycles. The number of ether oxygens (including phenoxy) is 2. The van der Waals surface area contributed by atoms with Gasteiger partial charge in [0.15, 0.2) is 11.5 Å². The van der Waals surface area contributed by atoms with Gasteiger partial charge >= 0.3 is 0 Å². The number of carbonyl (C=O) groups excluding carboxylic acids is 1. The highest BCUT2D eigenvalue weighted by Crippen LogP contribution is 2.28.